The first-order chi connectivity index (χ1) is 8.56. The number of rotatable bonds is 2. The van der Waals surface area contributed by atoms with Gasteiger partial charge in [-0.15, -0.1) is 0 Å². The smallest absolute Gasteiger partial charge is 0.258 e. The fourth-order valence-electron chi connectivity index (χ4n) is 1.59. The Balaban J connectivity index is 2.22. The maximum absolute atomic E-state index is 12.1. The highest BCUT2D eigenvalue weighted by molar-refractivity contribution is 9.10. The van der Waals surface area contributed by atoms with Crippen LogP contribution in [0.25, 0.3) is 0 Å². The molecule has 0 bridgehead atoms. The first kappa shape index (κ1) is 12.7. The maximum Gasteiger partial charge on any atom is 0.258 e. The lowest BCUT2D eigenvalue weighted by atomic mass is 10.2. The minimum absolute atomic E-state index is 0.203. The van der Waals surface area contributed by atoms with Crippen LogP contribution in [-0.4, -0.2) is 15.9 Å². The van der Waals surface area contributed by atoms with E-state index >= 15 is 0 Å². The molecule has 5 heteroatoms. The third-order valence-electron chi connectivity index (χ3n) is 2.43. The summed E-state index contributed by atoms with van der Waals surface area (Å²) in [5.74, 6) is 0.306. The molecule has 2 rings (SSSR count). The Labute approximate surface area is 114 Å². The predicted octanol–water partition coefficient (Wildman–Crippen LogP) is 3.11. The summed E-state index contributed by atoms with van der Waals surface area (Å²) in [6.07, 6.45) is 0. The van der Waals surface area contributed by atoms with E-state index in [0.29, 0.717) is 21.7 Å². The zero-order valence-electron chi connectivity index (χ0n) is 10.1. The number of amides is 1. The molecule has 1 amide bonds. The highest BCUT2D eigenvalue weighted by atomic mass is 79.9. The first-order valence-corrected chi connectivity index (χ1v) is 6.24. The Morgan fingerprint density at radius 2 is 1.94 bits per heavy atom. The van der Waals surface area contributed by atoms with Gasteiger partial charge < -0.3 is 5.32 Å². The SMILES string of the molecule is Cc1ccc(C(=O)Nc2cccc(Br)n2)c(C)n1. The molecular formula is C13H12BrN3O. The number of hydrogen-bond acceptors (Lipinski definition) is 3. The Kier molecular flexibility index (Phi) is 3.72. The Morgan fingerprint density at radius 3 is 2.61 bits per heavy atom. The largest absolute Gasteiger partial charge is 0.306 e. The molecule has 4 nitrogen and oxygen atoms in total. The van der Waals surface area contributed by atoms with Crippen LogP contribution in [0.4, 0.5) is 5.82 Å². The van der Waals surface area contributed by atoms with Crippen molar-refractivity contribution in [3.8, 4) is 0 Å². The van der Waals surface area contributed by atoms with E-state index in [1.54, 1.807) is 18.2 Å². The lowest BCUT2D eigenvalue weighted by Crippen LogP contribution is -2.15. The Hall–Kier alpha value is -1.75. The lowest BCUT2D eigenvalue weighted by molar-refractivity contribution is 0.102. The van der Waals surface area contributed by atoms with Gasteiger partial charge in [-0.1, -0.05) is 6.07 Å². The number of aryl methyl sites for hydroxylation is 2. The van der Waals surface area contributed by atoms with Crippen LogP contribution in [0.5, 0.6) is 0 Å². The number of anilines is 1. The molecule has 0 saturated heterocycles. The second kappa shape index (κ2) is 5.27. The van der Waals surface area contributed by atoms with Gasteiger partial charge in [0.25, 0.3) is 5.91 Å². The molecule has 2 heterocycles. The van der Waals surface area contributed by atoms with Gasteiger partial charge in [0, 0.05) is 5.69 Å². The van der Waals surface area contributed by atoms with Crippen molar-refractivity contribution in [1.82, 2.24) is 9.97 Å². The summed E-state index contributed by atoms with van der Waals surface area (Å²) in [5.41, 5.74) is 2.16. The van der Waals surface area contributed by atoms with Crippen molar-refractivity contribution in [2.75, 3.05) is 5.32 Å². The summed E-state index contributed by atoms with van der Waals surface area (Å²) in [6.45, 7) is 3.71. The quantitative estimate of drug-likeness (QED) is 0.867. The van der Waals surface area contributed by atoms with Crippen molar-refractivity contribution < 1.29 is 4.79 Å². The number of carbonyl (C=O) groups excluding carboxylic acids is 1. The van der Waals surface area contributed by atoms with Crippen LogP contribution in [0.2, 0.25) is 0 Å². The van der Waals surface area contributed by atoms with Gasteiger partial charge in [-0.2, -0.15) is 0 Å². The van der Waals surface area contributed by atoms with Gasteiger partial charge >= 0.3 is 0 Å². The van der Waals surface area contributed by atoms with Crippen molar-refractivity contribution in [2.24, 2.45) is 0 Å². The third kappa shape index (κ3) is 2.92. The second-order valence-electron chi connectivity index (χ2n) is 3.89. The van der Waals surface area contributed by atoms with E-state index in [9.17, 15) is 4.79 Å². The zero-order valence-corrected chi connectivity index (χ0v) is 11.7. The van der Waals surface area contributed by atoms with Crippen LogP contribution in [-0.2, 0) is 0 Å². The predicted molar refractivity (Wildman–Crippen MR) is 73.6 cm³/mol. The van der Waals surface area contributed by atoms with Crippen molar-refractivity contribution in [2.45, 2.75) is 13.8 Å². The van der Waals surface area contributed by atoms with E-state index in [-0.39, 0.29) is 5.91 Å². The van der Waals surface area contributed by atoms with Crippen molar-refractivity contribution in [3.05, 3.63) is 51.9 Å². The molecule has 0 aliphatic carbocycles. The number of nitrogens with zero attached hydrogens (tertiary/aromatic N) is 2. The summed E-state index contributed by atoms with van der Waals surface area (Å²) >= 11 is 3.26. The third-order valence-corrected chi connectivity index (χ3v) is 2.87. The molecule has 2 aromatic rings. The van der Waals surface area contributed by atoms with Gasteiger partial charge in [-0.05, 0) is 54.0 Å². The molecule has 0 aliphatic heterocycles. The van der Waals surface area contributed by atoms with Crippen molar-refractivity contribution >= 4 is 27.7 Å². The fraction of sp³-hybridized carbons (Fsp3) is 0.154. The molecule has 1 N–H and O–H groups in total. The van der Waals surface area contributed by atoms with Gasteiger partial charge in [-0.25, -0.2) is 4.98 Å². The van der Waals surface area contributed by atoms with E-state index in [1.807, 2.05) is 26.0 Å². The summed E-state index contributed by atoms with van der Waals surface area (Å²) in [6, 6.07) is 8.93. The van der Waals surface area contributed by atoms with Crippen LogP contribution in [0.1, 0.15) is 21.7 Å². The van der Waals surface area contributed by atoms with Gasteiger partial charge in [0.1, 0.15) is 10.4 Å². The average Bonchev–Trinajstić information content (AvgIpc) is 2.28. The molecule has 0 radical (unpaired) electrons. The van der Waals surface area contributed by atoms with Crippen LogP contribution < -0.4 is 5.32 Å². The number of pyridine rings is 2. The molecule has 0 fully saturated rings. The van der Waals surface area contributed by atoms with E-state index in [1.165, 1.54) is 0 Å². The number of carbonyl (C=O) groups is 1. The Morgan fingerprint density at radius 1 is 1.17 bits per heavy atom. The second-order valence-corrected chi connectivity index (χ2v) is 4.70. The summed E-state index contributed by atoms with van der Waals surface area (Å²) in [4.78, 5) is 20.5. The number of nitrogens with one attached hydrogen (secondary N) is 1. The zero-order chi connectivity index (χ0) is 13.1. The Bertz CT molecular complexity index is 599. The summed E-state index contributed by atoms with van der Waals surface area (Å²) in [5, 5.41) is 2.74. The molecule has 2 aromatic heterocycles. The minimum Gasteiger partial charge on any atom is -0.306 e. The lowest BCUT2D eigenvalue weighted by Gasteiger charge is -2.07. The van der Waals surface area contributed by atoms with Gasteiger partial charge in [0.2, 0.25) is 0 Å². The topological polar surface area (TPSA) is 54.9 Å². The molecular weight excluding hydrogens is 294 g/mol. The molecule has 0 atom stereocenters. The molecule has 92 valence electrons. The minimum atomic E-state index is -0.203. The molecule has 18 heavy (non-hydrogen) atoms. The highest BCUT2D eigenvalue weighted by Gasteiger charge is 2.10. The fourth-order valence-corrected chi connectivity index (χ4v) is 1.93. The molecule has 0 aromatic carbocycles. The van der Waals surface area contributed by atoms with E-state index < -0.39 is 0 Å². The van der Waals surface area contributed by atoms with E-state index in [2.05, 4.69) is 31.2 Å². The van der Waals surface area contributed by atoms with Gasteiger partial charge in [0.05, 0.1) is 11.3 Å². The number of hydrogen-bond donors (Lipinski definition) is 1. The normalized spacial score (nSPS) is 10.2. The summed E-state index contributed by atoms with van der Waals surface area (Å²) in [7, 11) is 0. The van der Waals surface area contributed by atoms with E-state index in [4.69, 9.17) is 0 Å². The van der Waals surface area contributed by atoms with Crippen LogP contribution in [0.15, 0.2) is 34.9 Å². The van der Waals surface area contributed by atoms with E-state index in [0.717, 1.165) is 5.69 Å². The van der Waals surface area contributed by atoms with Crippen LogP contribution >= 0.6 is 15.9 Å². The van der Waals surface area contributed by atoms with Gasteiger partial charge in [0.15, 0.2) is 0 Å². The highest BCUT2D eigenvalue weighted by Crippen LogP contribution is 2.13. The monoisotopic (exact) mass is 305 g/mol. The summed E-state index contributed by atoms with van der Waals surface area (Å²) < 4.78 is 0.680. The van der Waals surface area contributed by atoms with Crippen LogP contribution in [0.3, 0.4) is 0 Å². The molecule has 0 spiro atoms. The maximum atomic E-state index is 12.1. The number of aromatic nitrogens is 2. The van der Waals surface area contributed by atoms with Crippen molar-refractivity contribution in [3.63, 3.8) is 0 Å². The average molecular weight is 306 g/mol. The van der Waals surface area contributed by atoms with Gasteiger partial charge in [-0.3, -0.25) is 9.78 Å². The standard InChI is InChI=1S/C13H12BrN3O/c1-8-6-7-10(9(2)15-8)13(18)17-12-5-3-4-11(14)16-12/h3-7H,1-2H3,(H,16,17,18). The van der Waals surface area contributed by atoms with Crippen molar-refractivity contribution in [1.29, 1.82) is 0 Å². The molecule has 0 aliphatic rings. The molecule has 0 unspecified atom stereocenters. The number of halogens is 1. The first-order valence-electron chi connectivity index (χ1n) is 5.44. The van der Waals surface area contributed by atoms with Crippen LogP contribution in [0, 0.1) is 13.8 Å². The molecule has 0 saturated carbocycles.